The van der Waals surface area contributed by atoms with E-state index < -0.39 is 0 Å². The number of benzene rings is 1. The third kappa shape index (κ3) is 4.29. The van der Waals surface area contributed by atoms with Crippen molar-refractivity contribution in [2.75, 3.05) is 0 Å². The van der Waals surface area contributed by atoms with E-state index in [9.17, 15) is 4.79 Å². The molecule has 3 heterocycles. The molecule has 0 aliphatic heterocycles. The van der Waals surface area contributed by atoms with Crippen molar-refractivity contribution in [2.24, 2.45) is 0 Å². The Labute approximate surface area is 158 Å². The lowest BCUT2D eigenvalue weighted by Gasteiger charge is -2.06. The van der Waals surface area contributed by atoms with Crippen LogP contribution in [0.5, 0.6) is 0 Å². The van der Waals surface area contributed by atoms with Crippen molar-refractivity contribution in [1.29, 1.82) is 0 Å². The predicted molar refractivity (Wildman–Crippen MR) is 107 cm³/mol. The van der Waals surface area contributed by atoms with Crippen LogP contribution in [-0.2, 0) is 17.6 Å². The number of rotatable bonds is 7. The van der Waals surface area contributed by atoms with E-state index >= 15 is 0 Å². The third-order valence-electron chi connectivity index (χ3n) is 4.72. The van der Waals surface area contributed by atoms with Crippen LogP contribution in [0.2, 0.25) is 0 Å². The van der Waals surface area contributed by atoms with Crippen LogP contribution in [-0.4, -0.2) is 20.2 Å². The van der Waals surface area contributed by atoms with Gasteiger partial charge in [0.25, 0.3) is 0 Å². The summed E-state index contributed by atoms with van der Waals surface area (Å²) < 4.78 is 2.02. The lowest BCUT2D eigenvalue weighted by Crippen LogP contribution is -2.03. The van der Waals surface area contributed by atoms with Crippen LogP contribution >= 0.6 is 0 Å². The number of aryl methyl sites for hydroxylation is 1. The number of pyridine rings is 2. The minimum atomic E-state index is 0.272. The average Bonchev–Trinajstić information content (AvgIpc) is 3.17. The molecule has 1 aromatic carbocycles. The molecule has 134 valence electrons. The molecule has 0 amide bonds. The number of aromatic nitrogens is 3. The van der Waals surface area contributed by atoms with Gasteiger partial charge < -0.3 is 4.40 Å². The van der Waals surface area contributed by atoms with E-state index in [1.54, 1.807) is 18.6 Å². The topological polar surface area (TPSA) is 47.3 Å². The largest absolute Gasteiger partial charge is 0.306 e. The molecule has 4 heteroatoms. The molecule has 0 fully saturated rings. The number of nitrogens with zero attached hydrogens (tertiary/aromatic N) is 3. The van der Waals surface area contributed by atoms with E-state index in [0.717, 1.165) is 24.1 Å². The Morgan fingerprint density at radius 3 is 2.59 bits per heavy atom. The van der Waals surface area contributed by atoms with E-state index in [4.69, 9.17) is 0 Å². The zero-order valence-electron chi connectivity index (χ0n) is 15.1. The quantitative estimate of drug-likeness (QED) is 0.489. The zero-order chi connectivity index (χ0) is 18.5. The predicted octanol–water partition coefficient (Wildman–Crippen LogP) is 4.53. The monoisotopic (exact) mass is 355 g/mol. The van der Waals surface area contributed by atoms with E-state index in [0.29, 0.717) is 12.8 Å². The smallest absolute Gasteiger partial charge is 0.137 e. The molecular formula is C23H21N3O. The van der Waals surface area contributed by atoms with Gasteiger partial charge in [0.2, 0.25) is 0 Å². The maximum Gasteiger partial charge on any atom is 0.137 e. The van der Waals surface area contributed by atoms with Crippen LogP contribution in [0.25, 0.3) is 16.8 Å². The second-order valence-electron chi connectivity index (χ2n) is 6.74. The molecule has 0 aliphatic carbocycles. The first-order valence-corrected chi connectivity index (χ1v) is 9.20. The van der Waals surface area contributed by atoms with Gasteiger partial charge >= 0.3 is 0 Å². The standard InChI is InChI=1S/C23H21N3O/c27-22(15-19-4-2-12-24-16-19)5-1-3-18-6-8-20(9-7-18)21-10-11-23-25-13-14-26(23)17-21/h2,4,6-14,16-17H,1,3,5,15H2. The summed E-state index contributed by atoms with van der Waals surface area (Å²) in [6, 6.07) is 16.5. The maximum atomic E-state index is 12.1. The average molecular weight is 355 g/mol. The molecule has 0 N–H and O–H groups in total. The number of carbonyl (C=O) groups excluding carboxylic acids is 1. The van der Waals surface area contributed by atoms with Crippen molar-refractivity contribution in [3.63, 3.8) is 0 Å². The summed E-state index contributed by atoms with van der Waals surface area (Å²) in [5, 5.41) is 0. The summed E-state index contributed by atoms with van der Waals surface area (Å²) in [6.45, 7) is 0. The number of fused-ring (bicyclic) bond motifs is 1. The van der Waals surface area contributed by atoms with Crippen LogP contribution in [0.3, 0.4) is 0 Å². The molecule has 0 radical (unpaired) electrons. The van der Waals surface area contributed by atoms with Gasteiger partial charge in [-0.15, -0.1) is 0 Å². The highest BCUT2D eigenvalue weighted by molar-refractivity contribution is 5.80. The lowest BCUT2D eigenvalue weighted by molar-refractivity contribution is -0.118. The van der Waals surface area contributed by atoms with Gasteiger partial charge in [0.05, 0.1) is 0 Å². The fraction of sp³-hybridized carbons (Fsp3) is 0.174. The van der Waals surface area contributed by atoms with Crippen molar-refractivity contribution >= 4 is 11.4 Å². The Balaban J connectivity index is 1.32. The number of imidazole rings is 1. The molecule has 3 aromatic heterocycles. The summed E-state index contributed by atoms with van der Waals surface area (Å²) in [6.07, 6.45) is 12.2. The molecule has 4 aromatic rings. The van der Waals surface area contributed by atoms with Crippen molar-refractivity contribution in [3.8, 4) is 11.1 Å². The fourth-order valence-corrected chi connectivity index (χ4v) is 3.26. The zero-order valence-corrected chi connectivity index (χ0v) is 15.1. The Bertz CT molecular complexity index is 1040. The van der Waals surface area contributed by atoms with Gasteiger partial charge in [-0.2, -0.15) is 0 Å². The minimum absolute atomic E-state index is 0.272. The van der Waals surface area contributed by atoms with Gasteiger partial charge in [0.15, 0.2) is 0 Å². The number of Topliss-reactive ketones (excluding diaryl/α,β-unsaturated/α-hetero) is 1. The summed E-state index contributed by atoms with van der Waals surface area (Å²) in [4.78, 5) is 20.4. The first kappa shape index (κ1) is 17.2. The van der Waals surface area contributed by atoms with Gasteiger partial charge in [0.1, 0.15) is 11.4 Å². The first-order chi connectivity index (χ1) is 13.3. The van der Waals surface area contributed by atoms with E-state index in [-0.39, 0.29) is 5.78 Å². The molecule has 0 saturated carbocycles. The first-order valence-electron chi connectivity index (χ1n) is 9.20. The van der Waals surface area contributed by atoms with Crippen molar-refractivity contribution in [3.05, 3.63) is 90.6 Å². The highest BCUT2D eigenvalue weighted by atomic mass is 16.1. The second kappa shape index (κ2) is 7.96. The molecule has 0 bridgehead atoms. The van der Waals surface area contributed by atoms with E-state index in [2.05, 4.69) is 46.5 Å². The fourth-order valence-electron chi connectivity index (χ4n) is 3.26. The second-order valence-corrected chi connectivity index (χ2v) is 6.74. The van der Waals surface area contributed by atoms with Gasteiger partial charge in [-0.1, -0.05) is 30.3 Å². The molecule has 0 aliphatic rings. The summed E-state index contributed by atoms with van der Waals surface area (Å²) >= 11 is 0. The Morgan fingerprint density at radius 2 is 1.78 bits per heavy atom. The molecule has 0 unspecified atom stereocenters. The molecular weight excluding hydrogens is 334 g/mol. The van der Waals surface area contributed by atoms with Crippen molar-refractivity contribution < 1.29 is 4.79 Å². The minimum Gasteiger partial charge on any atom is -0.306 e. The summed E-state index contributed by atoms with van der Waals surface area (Å²) in [7, 11) is 0. The Morgan fingerprint density at radius 1 is 0.926 bits per heavy atom. The molecule has 4 nitrogen and oxygen atoms in total. The normalized spacial score (nSPS) is 11.0. The van der Waals surface area contributed by atoms with Crippen LogP contribution < -0.4 is 0 Å². The molecule has 0 saturated heterocycles. The van der Waals surface area contributed by atoms with Gasteiger partial charge in [0, 0.05) is 43.8 Å². The van der Waals surface area contributed by atoms with E-state index in [1.165, 1.54) is 16.7 Å². The Hall–Kier alpha value is -3.27. The van der Waals surface area contributed by atoms with Gasteiger partial charge in [-0.25, -0.2) is 4.98 Å². The molecule has 0 spiro atoms. The van der Waals surface area contributed by atoms with Gasteiger partial charge in [-0.05, 0) is 53.3 Å². The van der Waals surface area contributed by atoms with E-state index in [1.807, 2.05) is 28.8 Å². The SMILES string of the molecule is O=C(CCCc1ccc(-c2ccc3nccn3c2)cc1)Cc1cccnc1. The highest BCUT2D eigenvalue weighted by Gasteiger charge is 2.05. The van der Waals surface area contributed by atoms with Gasteiger partial charge in [-0.3, -0.25) is 9.78 Å². The molecule has 0 atom stereocenters. The maximum absolute atomic E-state index is 12.1. The number of hydrogen-bond donors (Lipinski definition) is 0. The summed E-state index contributed by atoms with van der Waals surface area (Å²) in [5.74, 6) is 0.272. The number of carbonyl (C=O) groups is 1. The van der Waals surface area contributed by atoms with Crippen molar-refractivity contribution in [2.45, 2.75) is 25.7 Å². The Kier molecular flexibility index (Phi) is 5.06. The number of hydrogen-bond acceptors (Lipinski definition) is 3. The third-order valence-corrected chi connectivity index (χ3v) is 4.72. The highest BCUT2D eigenvalue weighted by Crippen LogP contribution is 2.21. The lowest BCUT2D eigenvalue weighted by atomic mass is 10.0. The van der Waals surface area contributed by atoms with Crippen LogP contribution in [0.15, 0.2) is 79.5 Å². The van der Waals surface area contributed by atoms with Crippen LogP contribution in [0.4, 0.5) is 0 Å². The molecule has 27 heavy (non-hydrogen) atoms. The van der Waals surface area contributed by atoms with Crippen LogP contribution in [0.1, 0.15) is 24.0 Å². The summed E-state index contributed by atoms with van der Waals surface area (Å²) in [5.41, 5.74) is 5.55. The van der Waals surface area contributed by atoms with Crippen LogP contribution in [0, 0.1) is 0 Å². The molecule has 4 rings (SSSR count). The van der Waals surface area contributed by atoms with Crippen molar-refractivity contribution in [1.82, 2.24) is 14.4 Å². The number of ketones is 1.